The fourth-order valence-electron chi connectivity index (χ4n) is 3.62. The van der Waals surface area contributed by atoms with Crippen LogP contribution in [0.4, 0.5) is 0 Å². The number of carbonyl (C=O) groups excluding carboxylic acids is 1. The molecule has 1 N–H and O–H groups in total. The van der Waals surface area contributed by atoms with Gasteiger partial charge in [0, 0.05) is 13.1 Å². The number of aryl methyl sites for hydroxylation is 1. The molecule has 146 valence electrons. The number of piperidine rings is 1. The van der Waals surface area contributed by atoms with Gasteiger partial charge in [-0.1, -0.05) is 13.8 Å². The first-order chi connectivity index (χ1) is 12.8. The molecule has 0 radical (unpaired) electrons. The van der Waals surface area contributed by atoms with Crippen LogP contribution in [0.3, 0.4) is 0 Å². The minimum Gasteiger partial charge on any atom is -0.478 e. The fraction of sp³-hybridized carbons (Fsp3) is 0.579. The molecule has 1 amide bonds. The number of hydrogen-bond acceptors (Lipinski definition) is 5. The second-order valence-corrected chi connectivity index (χ2v) is 8.73. The molecule has 3 rings (SSSR count). The van der Waals surface area contributed by atoms with Gasteiger partial charge >= 0.3 is 5.97 Å². The Morgan fingerprint density at radius 2 is 1.96 bits per heavy atom. The molecule has 0 spiro atoms. The maximum absolute atomic E-state index is 13.0. The Labute approximate surface area is 163 Å². The van der Waals surface area contributed by atoms with Gasteiger partial charge in [0.1, 0.15) is 10.4 Å². The zero-order valence-corrected chi connectivity index (χ0v) is 17.0. The normalized spacial score (nSPS) is 15.5. The Kier molecular flexibility index (Phi) is 5.64. The summed E-state index contributed by atoms with van der Waals surface area (Å²) in [5.41, 5.74) is 1.82. The number of carboxylic acid groups (broad SMARTS) is 1. The zero-order valence-electron chi connectivity index (χ0n) is 16.2. The lowest BCUT2D eigenvalue weighted by molar-refractivity contribution is 0.0690. The van der Waals surface area contributed by atoms with Crippen molar-refractivity contribution in [1.82, 2.24) is 19.7 Å². The van der Waals surface area contributed by atoms with Gasteiger partial charge in [-0.15, -0.1) is 11.3 Å². The number of likely N-dealkylation sites (tertiary alicyclic amines) is 1. The van der Waals surface area contributed by atoms with E-state index in [1.807, 2.05) is 11.8 Å². The second kappa shape index (κ2) is 7.80. The van der Waals surface area contributed by atoms with E-state index in [0.29, 0.717) is 24.7 Å². The van der Waals surface area contributed by atoms with Gasteiger partial charge < -0.3 is 10.0 Å². The van der Waals surface area contributed by atoms with Gasteiger partial charge in [0.25, 0.3) is 5.91 Å². The van der Waals surface area contributed by atoms with E-state index in [9.17, 15) is 14.7 Å². The molecule has 0 atom stereocenters. The predicted octanol–water partition coefficient (Wildman–Crippen LogP) is 3.33. The number of aromatic nitrogens is 3. The smallest absolute Gasteiger partial charge is 0.339 e. The van der Waals surface area contributed by atoms with Crippen molar-refractivity contribution in [2.45, 2.75) is 53.0 Å². The molecule has 0 saturated carbocycles. The molecular formula is C19H26N4O3S. The monoisotopic (exact) mass is 390 g/mol. The molecule has 1 aliphatic heterocycles. The molecule has 7 nitrogen and oxygen atoms in total. The highest BCUT2D eigenvalue weighted by atomic mass is 32.1. The molecule has 1 saturated heterocycles. The third-order valence-electron chi connectivity index (χ3n) is 4.97. The van der Waals surface area contributed by atoms with Gasteiger partial charge in [0.15, 0.2) is 0 Å². The maximum atomic E-state index is 13.0. The number of rotatable bonds is 5. The molecule has 1 aliphatic rings. The topological polar surface area (TPSA) is 88.3 Å². The number of hydrogen-bond donors (Lipinski definition) is 1. The van der Waals surface area contributed by atoms with Crippen molar-refractivity contribution in [3.8, 4) is 0 Å². The van der Waals surface area contributed by atoms with Crippen LogP contribution < -0.4 is 0 Å². The average molecular weight is 391 g/mol. The standard InChI is InChI=1S/C19H26N4O3S/c1-11(2)9-16-17(27-13(4)21-16)18(24)22-7-5-14(6-8-22)23-12(3)15(10-20-23)19(25)26/h10-11,14H,5-9H2,1-4H3,(H,25,26). The maximum Gasteiger partial charge on any atom is 0.339 e. The van der Waals surface area contributed by atoms with E-state index < -0.39 is 5.97 Å². The number of carbonyl (C=O) groups is 2. The van der Waals surface area contributed by atoms with Gasteiger partial charge in [0.05, 0.1) is 28.6 Å². The molecule has 0 aliphatic carbocycles. The third-order valence-corrected chi connectivity index (χ3v) is 5.97. The van der Waals surface area contributed by atoms with E-state index in [1.54, 1.807) is 11.6 Å². The van der Waals surface area contributed by atoms with Crippen molar-refractivity contribution in [1.29, 1.82) is 0 Å². The van der Waals surface area contributed by atoms with E-state index in [2.05, 4.69) is 23.9 Å². The summed E-state index contributed by atoms with van der Waals surface area (Å²) in [6, 6.07) is 0.125. The summed E-state index contributed by atoms with van der Waals surface area (Å²) < 4.78 is 1.80. The minimum atomic E-state index is -0.954. The molecule has 0 unspecified atom stereocenters. The minimum absolute atomic E-state index is 0.0677. The van der Waals surface area contributed by atoms with Gasteiger partial charge in [0.2, 0.25) is 0 Å². The molecule has 27 heavy (non-hydrogen) atoms. The number of aromatic carboxylic acids is 1. The lowest BCUT2D eigenvalue weighted by atomic mass is 10.0. The fourth-order valence-corrected chi connectivity index (χ4v) is 4.54. The van der Waals surface area contributed by atoms with Crippen LogP contribution in [0.25, 0.3) is 0 Å². The van der Waals surface area contributed by atoms with Crippen molar-refractivity contribution >= 4 is 23.2 Å². The summed E-state index contributed by atoms with van der Waals surface area (Å²) in [6.07, 6.45) is 3.76. The number of thiazole rings is 1. The van der Waals surface area contributed by atoms with Gasteiger partial charge in [-0.05, 0) is 39.0 Å². The molecule has 8 heteroatoms. The van der Waals surface area contributed by atoms with E-state index in [4.69, 9.17) is 0 Å². The average Bonchev–Trinajstić information content (AvgIpc) is 3.16. The Balaban J connectivity index is 1.69. The van der Waals surface area contributed by atoms with Crippen molar-refractivity contribution in [2.24, 2.45) is 5.92 Å². The Hall–Kier alpha value is -2.22. The quantitative estimate of drug-likeness (QED) is 0.846. The van der Waals surface area contributed by atoms with E-state index in [-0.39, 0.29) is 17.5 Å². The molecule has 0 aromatic carbocycles. The molecule has 1 fully saturated rings. The number of carboxylic acids is 1. The highest BCUT2D eigenvalue weighted by Gasteiger charge is 2.29. The van der Waals surface area contributed by atoms with Crippen molar-refractivity contribution in [3.05, 3.63) is 33.0 Å². The van der Waals surface area contributed by atoms with Crippen LogP contribution in [-0.4, -0.2) is 49.7 Å². The summed E-state index contributed by atoms with van der Waals surface area (Å²) >= 11 is 1.48. The zero-order chi connectivity index (χ0) is 19.7. The van der Waals surface area contributed by atoms with E-state index >= 15 is 0 Å². The van der Waals surface area contributed by atoms with Crippen LogP contribution in [0.15, 0.2) is 6.20 Å². The van der Waals surface area contributed by atoms with Gasteiger partial charge in [-0.2, -0.15) is 5.10 Å². The van der Waals surface area contributed by atoms with Crippen molar-refractivity contribution in [2.75, 3.05) is 13.1 Å². The van der Waals surface area contributed by atoms with Crippen LogP contribution in [0.2, 0.25) is 0 Å². The SMILES string of the molecule is Cc1nc(CC(C)C)c(C(=O)N2CCC(n3ncc(C(=O)O)c3C)CC2)s1. The van der Waals surface area contributed by atoms with Gasteiger partial charge in [-0.25, -0.2) is 9.78 Å². The lowest BCUT2D eigenvalue weighted by Crippen LogP contribution is -2.39. The van der Waals surface area contributed by atoms with E-state index in [0.717, 1.165) is 34.8 Å². The first-order valence-corrected chi connectivity index (χ1v) is 10.1. The molecule has 2 aromatic rings. The predicted molar refractivity (Wildman–Crippen MR) is 103 cm³/mol. The summed E-state index contributed by atoms with van der Waals surface area (Å²) in [7, 11) is 0. The summed E-state index contributed by atoms with van der Waals surface area (Å²) in [4.78, 5) is 31.5. The highest BCUT2D eigenvalue weighted by Crippen LogP contribution is 2.28. The van der Waals surface area contributed by atoms with Crippen LogP contribution >= 0.6 is 11.3 Å². The van der Waals surface area contributed by atoms with Crippen LogP contribution in [0.5, 0.6) is 0 Å². The summed E-state index contributed by atoms with van der Waals surface area (Å²) in [5.74, 6) is -0.433. The Morgan fingerprint density at radius 1 is 1.30 bits per heavy atom. The van der Waals surface area contributed by atoms with Gasteiger partial charge in [-0.3, -0.25) is 9.48 Å². The highest BCUT2D eigenvalue weighted by molar-refractivity contribution is 7.13. The Morgan fingerprint density at radius 3 is 2.52 bits per heavy atom. The second-order valence-electron chi connectivity index (χ2n) is 7.52. The first-order valence-electron chi connectivity index (χ1n) is 9.31. The van der Waals surface area contributed by atoms with Crippen molar-refractivity contribution < 1.29 is 14.7 Å². The molecule has 3 heterocycles. The van der Waals surface area contributed by atoms with E-state index in [1.165, 1.54) is 17.5 Å². The number of amides is 1. The summed E-state index contributed by atoms with van der Waals surface area (Å²) in [5, 5.41) is 14.4. The molecule has 0 bridgehead atoms. The van der Waals surface area contributed by atoms with Crippen molar-refractivity contribution in [3.63, 3.8) is 0 Å². The largest absolute Gasteiger partial charge is 0.478 e. The molecule has 2 aromatic heterocycles. The van der Waals surface area contributed by atoms with Crippen LogP contribution in [0, 0.1) is 19.8 Å². The van der Waals surface area contributed by atoms with Crippen LogP contribution in [0.1, 0.15) is 69.2 Å². The first kappa shape index (κ1) is 19.5. The lowest BCUT2D eigenvalue weighted by Gasteiger charge is -2.32. The van der Waals surface area contributed by atoms with Crippen LogP contribution in [-0.2, 0) is 6.42 Å². The molecular weight excluding hydrogens is 364 g/mol. The summed E-state index contributed by atoms with van der Waals surface area (Å²) in [6.45, 7) is 9.27. The third kappa shape index (κ3) is 4.05. The Bertz CT molecular complexity index is 847. The number of nitrogens with zero attached hydrogens (tertiary/aromatic N) is 4.